The Kier molecular flexibility index (Phi) is 5.06. The molecule has 2 nitrogen and oxygen atoms in total. The molecule has 0 radical (unpaired) electrons. The quantitative estimate of drug-likeness (QED) is 0.776. The van der Waals surface area contributed by atoms with Gasteiger partial charge >= 0.3 is 0 Å². The number of nitrogens with one attached hydrogen (secondary N) is 1. The van der Waals surface area contributed by atoms with Gasteiger partial charge in [-0.15, -0.1) is 0 Å². The second-order valence-electron chi connectivity index (χ2n) is 5.49. The van der Waals surface area contributed by atoms with Gasteiger partial charge in [0.05, 0.1) is 0 Å². The summed E-state index contributed by atoms with van der Waals surface area (Å²) in [5.74, 6) is 0.711. The molecule has 100 valence electrons. The molecule has 2 rings (SSSR count). The fraction of sp³-hybridized carbons (Fsp3) is 0.625. The highest BCUT2D eigenvalue weighted by atomic mass is 15.1. The summed E-state index contributed by atoms with van der Waals surface area (Å²) in [7, 11) is 0. The van der Waals surface area contributed by atoms with Crippen molar-refractivity contribution in [1.82, 2.24) is 5.32 Å². The van der Waals surface area contributed by atoms with E-state index in [1.807, 2.05) is 0 Å². The van der Waals surface area contributed by atoms with Gasteiger partial charge in [0.2, 0.25) is 0 Å². The monoisotopic (exact) mass is 246 g/mol. The van der Waals surface area contributed by atoms with Gasteiger partial charge in [-0.05, 0) is 49.9 Å². The van der Waals surface area contributed by atoms with E-state index in [2.05, 4.69) is 48.3 Å². The lowest BCUT2D eigenvalue weighted by Crippen LogP contribution is -2.36. The summed E-state index contributed by atoms with van der Waals surface area (Å²) in [5.41, 5.74) is 2.99. The predicted octanol–water partition coefficient (Wildman–Crippen LogP) is 3.07. The van der Waals surface area contributed by atoms with Crippen LogP contribution in [0.3, 0.4) is 0 Å². The fourth-order valence-corrected chi connectivity index (χ4v) is 2.77. The van der Waals surface area contributed by atoms with Gasteiger partial charge < -0.3 is 10.2 Å². The molecule has 1 atom stereocenters. The summed E-state index contributed by atoms with van der Waals surface area (Å²) in [5, 5.41) is 3.52. The van der Waals surface area contributed by atoms with Gasteiger partial charge in [0, 0.05) is 18.8 Å². The zero-order valence-corrected chi connectivity index (χ0v) is 11.8. The first kappa shape index (κ1) is 13.4. The molecule has 1 N–H and O–H groups in total. The number of aryl methyl sites for hydroxylation is 1. The Balaban J connectivity index is 1.90. The topological polar surface area (TPSA) is 15.3 Å². The second-order valence-corrected chi connectivity index (χ2v) is 5.49. The molecule has 2 heteroatoms. The Morgan fingerprint density at radius 1 is 1.33 bits per heavy atom. The Labute approximate surface area is 111 Å². The van der Waals surface area contributed by atoms with Crippen LogP contribution in [0.2, 0.25) is 0 Å². The smallest absolute Gasteiger partial charge is 0.0398 e. The predicted molar refractivity (Wildman–Crippen MR) is 79.3 cm³/mol. The summed E-state index contributed by atoms with van der Waals surface area (Å²) in [6.07, 6.45) is 3.76. The highest BCUT2D eigenvalue weighted by Gasteiger charge is 2.17. The number of hydrogen-bond donors (Lipinski definition) is 1. The van der Waals surface area contributed by atoms with Crippen molar-refractivity contribution in [2.45, 2.75) is 33.1 Å². The minimum absolute atomic E-state index is 0.711. The summed E-state index contributed by atoms with van der Waals surface area (Å²) in [6.45, 7) is 9.23. The number of nitrogens with zero attached hydrogens (tertiary/aromatic N) is 1. The Morgan fingerprint density at radius 3 is 3.00 bits per heavy atom. The van der Waals surface area contributed by atoms with E-state index >= 15 is 0 Å². The van der Waals surface area contributed by atoms with Gasteiger partial charge in [-0.25, -0.2) is 0 Å². The molecule has 1 unspecified atom stereocenters. The van der Waals surface area contributed by atoms with Crippen LogP contribution in [0.25, 0.3) is 0 Å². The Morgan fingerprint density at radius 2 is 2.17 bits per heavy atom. The molecule has 0 bridgehead atoms. The van der Waals surface area contributed by atoms with Crippen molar-refractivity contribution in [3.8, 4) is 0 Å². The molecule has 1 heterocycles. The first-order chi connectivity index (χ1) is 8.81. The van der Waals surface area contributed by atoms with Crippen LogP contribution in [0.15, 0.2) is 24.3 Å². The van der Waals surface area contributed by atoms with Crippen LogP contribution in [0.5, 0.6) is 0 Å². The Hall–Kier alpha value is -1.02. The SMILES string of the molecule is CCCNCC(C)CN1CCCc2ccccc21. The molecule has 0 saturated heterocycles. The molecular formula is C16H26N2. The molecule has 0 aliphatic carbocycles. The van der Waals surface area contributed by atoms with Crippen molar-refractivity contribution >= 4 is 5.69 Å². The van der Waals surface area contributed by atoms with Gasteiger partial charge in [-0.1, -0.05) is 32.0 Å². The van der Waals surface area contributed by atoms with E-state index < -0.39 is 0 Å². The first-order valence-electron chi connectivity index (χ1n) is 7.35. The van der Waals surface area contributed by atoms with Gasteiger partial charge in [0.1, 0.15) is 0 Å². The third-order valence-electron chi connectivity index (χ3n) is 3.66. The van der Waals surface area contributed by atoms with Crippen LogP contribution in [-0.4, -0.2) is 26.2 Å². The van der Waals surface area contributed by atoms with Crippen molar-refractivity contribution < 1.29 is 0 Å². The first-order valence-corrected chi connectivity index (χ1v) is 7.35. The van der Waals surface area contributed by atoms with Crippen LogP contribution >= 0.6 is 0 Å². The van der Waals surface area contributed by atoms with Gasteiger partial charge in [-0.3, -0.25) is 0 Å². The zero-order valence-electron chi connectivity index (χ0n) is 11.8. The molecule has 0 saturated carbocycles. The molecule has 1 aliphatic rings. The summed E-state index contributed by atoms with van der Waals surface area (Å²) in [6, 6.07) is 8.88. The third-order valence-corrected chi connectivity index (χ3v) is 3.66. The molecule has 0 spiro atoms. The number of para-hydroxylation sites is 1. The van der Waals surface area contributed by atoms with Gasteiger partial charge in [0.25, 0.3) is 0 Å². The maximum Gasteiger partial charge on any atom is 0.0398 e. The summed E-state index contributed by atoms with van der Waals surface area (Å²) >= 11 is 0. The summed E-state index contributed by atoms with van der Waals surface area (Å²) in [4.78, 5) is 2.57. The molecule has 1 aromatic carbocycles. The number of benzene rings is 1. The average molecular weight is 246 g/mol. The molecular weight excluding hydrogens is 220 g/mol. The lowest BCUT2D eigenvalue weighted by Gasteiger charge is -2.33. The molecule has 0 aromatic heterocycles. The number of hydrogen-bond acceptors (Lipinski definition) is 2. The van der Waals surface area contributed by atoms with E-state index in [4.69, 9.17) is 0 Å². The number of rotatable bonds is 6. The largest absolute Gasteiger partial charge is 0.371 e. The zero-order chi connectivity index (χ0) is 12.8. The minimum Gasteiger partial charge on any atom is -0.371 e. The average Bonchev–Trinajstić information content (AvgIpc) is 2.39. The third kappa shape index (κ3) is 3.49. The minimum atomic E-state index is 0.711. The lowest BCUT2D eigenvalue weighted by atomic mass is 10.0. The van der Waals surface area contributed by atoms with Crippen molar-refractivity contribution in [3.63, 3.8) is 0 Å². The van der Waals surface area contributed by atoms with Crippen molar-refractivity contribution in [2.24, 2.45) is 5.92 Å². The van der Waals surface area contributed by atoms with E-state index in [1.165, 1.54) is 43.6 Å². The fourth-order valence-electron chi connectivity index (χ4n) is 2.77. The standard InChI is InChI=1S/C16H26N2/c1-3-10-17-12-14(2)13-18-11-6-8-15-7-4-5-9-16(15)18/h4-5,7,9,14,17H,3,6,8,10-13H2,1-2H3. The van der Waals surface area contributed by atoms with Gasteiger partial charge in [-0.2, -0.15) is 0 Å². The van der Waals surface area contributed by atoms with Crippen molar-refractivity contribution in [2.75, 3.05) is 31.1 Å². The van der Waals surface area contributed by atoms with E-state index in [0.717, 1.165) is 13.1 Å². The van der Waals surface area contributed by atoms with Crippen LogP contribution in [-0.2, 0) is 6.42 Å². The normalized spacial score (nSPS) is 16.4. The van der Waals surface area contributed by atoms with Crippen LogP contribution in [0, 0.1) is 5.92 Å². The molecule has 18 heavy (non-hydrogen) atoms. The highest BCUT2D eigenvalue weighted by molar-refractivity contribution is 5.55. The molecule has 0 fully saturated rings. The Bertz CT molecular complexity index is 362. The van der Waals surface area contributed by atoms with E-state index in [0.29, 0.717) is 5.92 Å². The number of anilines is 1. The summed E-state index contributed by atoms with van der Waals surface area (Å²) < 4.78 is 0. The maximum atomic E-state index is 3.52. The van der Waals surface area contributed by atoms with Crippen molar-refractivity contribution in [3.05, 3.63) is 29.8 Å². The molecule has 1 aromatic rings. The number of fused-ring (bicyclic) bond motifs is 1. The second kappa shape index (κ2) is 6.79. The lowest BCUT2D eigenvalue weighted by molar-refractivity contribution is 0.495. The van der Waals surface area contributed by atoms with Crippen LogP contribution < -0.4 is 10.2 Å². The van der Waals surface area contributed by atoms with E-state index in [-0.39, 0.29) is 0 Å². The van der Waals surface area contributed by atoms with Crippen LogP contribution in [0.4, 0.5) is 5.69 Å². The van der Waals surface area contributed by atoms with E-state index in [9.17, 15) is 0 Å². The maximum absolute atomic E-state index is 3.52. The van der Waals surface area contributed by atoms with Crippen molar-refractivity contribution in [1.29, 1.82) is 0 Å². The highest BCUT2D eigenvalue weighted by Crippen LogP contribution is 2.27. The molecule has 1 aliphatic heterocycles. The van der Waals surface area contributed by atoms with Crippen LogP contribution in [0.1, 0.15) is 32.3 Å². The van der Waals surface area contributed by atoms with E-state index in [1.54, 1.807) is 0 Å². The van der Waals surface area contributed by atoms with Gasteiger partial charge in [0.15, 0.2) is 0 Å². The molecule has 0 amide bonds.